The molecule has 1 N–H and O–H groups in total. The molecular weight excluding hydrogens is 358 g/mol. The fourth-order valence-electron chi connectivity index (χ4n) is 2.41. The van der Waals surface area contributed by atoms with E-state index in [1.165, 1.54) is 17.3 Å². The molecule has 27 heavy (non-hydrogen) atoms. The quantitative estimate of drug-likeness (QED) is 0.609. The van der Waals surface area contributed by atoms with Gasteiger partial charge < -0.3 is 10.1 Å². The van der Waals surface area contributed by atoms with Crippen LogP contribution in [0.2, 0.25) is 0 Å². The number of aromatic nitrogens is 2. The molecule has 0 saturated carbocycles. The Morgan fingerprint density at radius 1 is 1.00 bits per heavy atom. The highest BCUT2D eigenvalue weighted by atomic mass is 32.2. The Kier molecular flexibility index (Phi) is 6.44. The molecule has 0 fully saturated rings. The molecule has 138 valence electrons. The summed E-state index contributed by atoms with van der Waals surface area (Å²) in [6.07, 6.45) is 0. The molecule has 5 nitrogen and oxygen atoms in total. The maximum atomic E-state index is 12.1. The maximum Gasteiger partial charge on any atom is 0.234 e. The van der Waals surface area contributed by atoms with Crippen LogP contribution in [0.4, 0.5) is 5.69 Å². The summed E-state index contributed by atoms with van der Waals surface area (Å²) in [5, 5.41) is 12.0. The third-order valence-corrected chi connectivity index (χ3v) is 4.71. The van der Waals surface area contributed by atoms with Crippen LogP contribution in [0.15, 0.2) is 65.7 Å². The average Bonchev–Trinajstić information content (AvgIpc) is 2.69. The number of carbonyl (C=O) groups is 1. The number of nitrogens with one attached hydrogen (secondary N) is 1. The van der Waals surface area contributed by atoms with Crippen molar-refractivity contribution >= 4 is 23.4 Å². The van der Waals surface area contributed by atoms with Gasteiger partial charge in [0.05, 0.1) is 18.1 Å². The van der Waals surface area contributed by atoms with Gasteiger partial charge in [-0.05, 0) is 50.2 Å². The molecule has 0 unspecified atom stereocenters. The van der Waals surface area contributed by atoms with Crippen LogP contribution in [0.25, 0.3) is 11.3 Å². The number of rotatable bonds is 7. The van der Waals surface area contributed by atoms with Crippen LogP contribution >= 0.6 is 11.8 Å². The number of ether oxygens (including phenoxy) is 1. The van der Waals surface area contributed by atoms with E-state index in [4.69, 9.17) is 4.74 Å². The predicted octanol–water partition coefficient (Wildman–Crippen LogP) is 4.58. The van der Waals surface area contributed by atoms with Gasteiger partial charge in [0, 0.05) is 11.3 Å². The first-order valence-corrected chi connectivity index (χ1v) is 9.69. The monoisotopic (exact) mass is 379 g/mol. The third-order valence-electron chi connectivity index (χ3n) is 3.79. The van der Waals surface area contributed by atoms with E-state index < -0.39 is 0 Å². The van der Waals surface area contributed by atoms with E-state index in [2.05, 4.69) is 15.5 Å². The molecule has 0 aliphatic rings. The molecule has 0 bridgehead atoms. The molecule has 3 rings (SSSR count). The summed E-state index contributed by atoms with van der Waals surface area (Å²) >= 11 is 1.36. The fraction of sp³-hybridized carbons (Fsp3) is 0.190. The largest absolute Gasteiger partial charge is 0.494 e. The van der Waals surface area contributed by atoms with Crippen LogP contribution < -0.4 is 10.1 Å². The number of aryl methyl sites for hydroxylation is 1. The standard InChI is InChI=1S/C21H21N3O2S/c1-3-26-18-10-8-17(9-11-18)22-20(25)14-27-21-13-12-19(23-24-21)16-6-4-15(2)5-7-16/h4-13H,3,14H2,1-2H3,(H,22,25). The number of benzene rings is 2. The van der Waals surface area contributed by atoms with Gasteiger partial charge in [-0.3, -0.25) is 4.79 Å². The number of thioether (sulfide) groups is 1. The van der Waals surface area contributed by atoms with Gasteiger partial charge in [0.1, 0.15) is 10.8 Å². The van der Waals surface area contributed by atoms with Crippen molar-refractivity contribution in [1.29, 1.82) is 0 Å². The number of anilines is 1. The summed E-state index contributed by atoms with van der Waals surface area (Å²) in [6, 6.07) is 19.3. The Bertz CT molecular complexity index is 879. The molecule has 0 atom stereocenters. The van der Waals surface area contributed by atoms with Gasteiger partial charge in [-0.25, -0.2) is 0 Å². The van der Waals surface area contributed by atoms with Crippen LogP contribution in [0, 0.1) is 6.92 Å². The summed E-state index contributed by atoms with van der Waals surface area (Å²) in [6.45, 7) is 4.60. The molecule has 0 saturated heterocycles. The molecular formula is C21H21N3O2S. The highest BCUT2D eigenvalue weighted by Crippen LogP contribution is 2.21. The van der Waals surface area contributed by atoms with Crippen molar-refractivity contribution in [2.75, 3.05) is 17.7 Å². The smallest absolute Gasteiger partial charge is 0.234 e. The van der Waals surface area contributed by atoms with Crippen molar-refractivity contribution in [2.24, 2.45) is 0 Å². The Morgan fingerprint density at radius 2 is 1.74 bits per heavy atom. The van der Waals surface area contributed by atoms with E-state index in [0.29, 0.717) is 11.6 Å². The second kappa shape index (κ2) is 9.19. The molecule has 3 aromatic rings. The SMILES string of the molecule is CCOc1ccc(NC(=O)CSc2ccc(-c3ccc(C)cc3)nn2)cc1. The molecule has 0 spiro atoms. The van der Waals surface area contributed by atoms with E-state index in [9.17, 15) is 4.79 Å². The lowest BCUT2D eigenvalue weighted by atomic mass is 10.1. The van der Waals surface area contributed by atoms with Crippen molar-refractivity contribution in [3.8, 4) is 17.0 Å². The summed E-state index contributed by atoms with van der Waals surface area (Å²) < 4.78 is 5.39. The highest BCUT2D eigenvalue weighted by molar-refractivity contribution is 7.99. The molecule has 1 heterocycles. The maximum absolute atomic E-state index is 12.1. The fourth-order valence-corrected chi connectivity index (χ4v) is 3.03. The van der Waals surface area contributed by atoms with Crippen LogP contribution in [-0.4, -0.2) is 28.5 Å². The third kappa shape index (κ3) is 5.56. The normalized spacial score (nSPS) is 10.4. The van der Waals surface area contributed by atoms with Crippen molar-refractivity contribution in [3.05, 3.63) is 66.2 Å². The van der Waals surface area contributed by atoms with Crippen LogP contribution in [-0.2, 0) is 4.79 Å². The minimum absolute atomic E-state index is 0.0893. The zero-order chi connectivity index (χ0) is 19.1. The Labute approximate surface area is 163 Å². The van der Waals surface area contributed by atoms with Crippen LogP contribution in [0.3, 0.4) is 0 Å². The van der Waals surface area contributed by atoms with E-state index in [-0.39, 0.29) is 11.7 Å². The number of nitrogens with zero attached hydrogens (tertiary/aromatic N) is 2. The molecule has 0 aliphatic heterocycles. The van der Waals surface area contributed by atoms with E-state index in [1.54, 1.807) is 0 Å². The molecule has 0 radical (unpaired) electrons. The Morgan fingerprint density at radius 3 is 2.37 bits per heavy atom. The first-order chi connectivity index (χ1) is 13.1. The Balaban J connectivity index is 1.51. The topological polar surface area (TPSA) is 64.1 Å². The van der Waals surface area contributed by atoms with Crippen LogP contribution in [0.5, 0.6) is 5.75 Å². The lowest BCUT2D eigenvalue weighted by Crippen LogP contribution is -2.14. The second-order valence-corrected chi connectivity index (χ2v) is 6.91. The summed E-state index contributed by atoms with van der Waals surface area (Å²) in [5.41, 5.74) is 3.79. The zero-order valence-electron chi connectivity index (χ0n) is 15.3. The minimum atomic E-state index is -0.0893. The number of hydrogen-bond donors (Lipinski definition) is 1. The predicted molar refractivity (Wildman–Crippen MR) is 109 cm³/mol. The second-order valence-electron chi connectivity index (χ2n) is 5.92. The van der Waals surface area contributed by atoms with E-state index >= 15 is 0 Å². The summed E-state index contributed by atoms with van der Waals surface area (Å²) in [7, 11) is 0. The highest BCUT2D eigenvalue weighted by Gasteiger charge is 2.06. The first kappa shape index (κ1) is 18.9. The van der Waals surface area contributed by atoms with E-state index in [0.717, 1.165) is 22.7 Å². The van der Waals surface area contributed by atoms with Crippen molar-refractivity contribution < 1.29 is 9.53 Å². The van der Waals surface area contributed by atoms with Gasteiger partial charge >= 0.3 is 0 Å². The van der Waals surface area contributed by atoms with Crippen molar-refractivity contribution in [3.63, 3.8) is 0 Å². The molecule has 6 heteroatoms. The number of hydrogen-bond acceptors (Lipinski definition) is 5. The van der Waals surface area contributed by atoms with Gasteiger partial charge in [0.2, 0.25) is 5.91 Å². The van der Waals surface area contributed by atoms with Crippen LogP contribution in [0.1, 0.15) is 12.5 Å². The van der Waals surface area contributed by atoms with Gasteiger partial charge in [-0.1, -0.05) is 41.6 Å². The molecule has 2 aromatic carbocycles. The van der Waals surface area contributed by atoms with Gasteiger partial charge in [0.15, 0.2) is 0 Å². The summed E-state index contributed by atoms with van der Waals surface area (Å²) in [5.74, 6) is 0.966. The minimum Gasteiger partial charge on any atom is -0.494 e. The first-order valence-electron chi connectivity index (χ1n) is 8.70. The van der Waals surface area contributed by atoms with Crippen molar-refractivity contribution in [1.82, 2.24) is 10.2 Å². The lowest BCUT2D eigenvalue weighted by molar-refractivity contribution is -0.113. The molecule has 1 amide bonds. The van der Waals surface area contributed by atoms with Gasteiger partial charge in [-0.2, -0.15) is 0 Å². The average molecular weight is 379 g/mol. The summed E-state index contributed by atoms with van der Waals surface area (Å²) in [4.78, 5) is 12.1. The zero-order valence-corrected chi connectivity index (χ0v) is 16.1. The van der Waals surface area contributed by atoms with Gasteiger partial charge in [-0.15, -0.1) is 10.2 Å². The number of carbonyl (C=O) groups excluding carboxylic acids is 1. The number of amides is 1. The van der Waals surface area contributed by atoms with Crippen molar-refractivity contribution in [2.45, 2.75) is 18.9 Å². The Hall–Kier alpha value is -2.86. The lowest BCUT2D eigenvalue weighted by Gasteiger charge is -2.07. The molecule has 1 aromatic heterocycles. The van der Waals surface area contributed by atoms with E-state index in [1.807, 2.05) is 74.5 Å². The van der Waals surface area contributed by atoms with Gasteiger partial charge in [0.25, 0.3) is 0 Å². The molecule has 0 aliphatic carbocycles.